The minimum absolute atomic E-state index is 0.0395. The van der Waals surface area contributed by atoms with E-state index in [4.69, 9.17) is 4.74 Å². The molecule has 0 bridgehead atoms. The summed E-state index contributed by atoms with van der Waals surface area (Å²) in [5.41, 5.74) is 0. The predicted octanol–water partition coefficient (Wildman–Crippen LogP) is 12.8. The number of esters is 1. The molecule has 0 aromatic heterocycles. The highest BCUT2D eigenvalue weighted by molar-refractivity contribution is 5.76. The minimum atomic E-state index is -0.864. The third-order valence-corrected chi connectivity index (χ3v) is 10.2. The zero-order chi connectivity index (χ0) is 38.0. The number of unbranched alkanes of at least 4 members (excludes halogenated alkanes) is 28. The van der Waals surface area contributed by atoms with Crippen LogP contribution in [0, 0.1) is 0 Å². The molecule has 0 aliphatic rings. The smallest absolute Gasteiger partial charge is 0.305 e. The van der Waals surface area contributed by atoms with Crippen molar-refractivity contribution in [3.05, 3.63) is 24.3 Å². The molecule has 0 heterocycles. The molecule has 0 aliphatic heterocycles. The van der Waals surface area contributed by atoms with E-state index in [2.05, 4.69) is 31.3 Å². The molecule has 0 saturated carbocycles. The molecule has 6 nitrogen and oxygen atoms in total. The summed E-state index contributed by atoms with van der Waals surface area (Å²) in [6.07, 6.45) is 47.3. The van der Waals surface area contributed by atoms with Gasteiger partial charge < -0.3 is 20.3 Å². The Bertz CT molecular complexity index is 813. The van der Waals surface area contributed by atoms with Crippen LogP contribution in [0.15, 0.2) is 24.3 Å². The Labute approximate surface area is 322 Å². The van der Waals surface area contributed by atoms with Gasteiger partial charge in [-0.2, -0.15) is 0 Å². The second-order valence-electron chi connectivity index (χ2n) is 15.4. The van der Waals surface area contributed by atoms with Crippen LogP contribution in [-0.2, 0) is 14.3 Å². The maximum atomic E-state index is 12.4. The fourth-order valence-corrected chi connectivity index (χ4v) is 6.68. The SMILES string of the molecule is CCCCCCCCCCCCCC/C=C/C(O)C(CO)NC(=O)CCCCCC/C=C\CCCCOC(=O)CCCCCCCCCCCCC. The fourth-order valence-electron chi connectivity index (χ4n) is 6.68. The average Bonchev–Trinajstić information content (AvgIpc) is 3.14. The summed E-state index contributed by atoms with van der Waals surface area (Å²) >= 11 is 0. The van der Waals surface area contributed by atoms with Gasteiger partial charge in [-0.3, -0.25) is 9.59 Å². The standard InChI is InChI=1S/C46H87NO5/c1-3-5-7-9-11-13-15-16-17-19-22-26-30-34-38-44(49)43(42-48)47-45(50)39-35-31-27-23-20-21-25-29-33-37-41-52-46(51)40-36-32-28-24-18-14-12-10-8-6-4-2/h21,25,34,38,43-44,48-49H,3-20,22-24,26-33,35-37,39-42H2,1-2H3,(H,47,50)/b25-21-,38-34+. The lowest BCUT2D eigenvalue weighted by molar-refractivity contribution is -0.143. The zero-order valence-corrected chi connectivity index (χ0v) is 34.5. The number of rotatable bonds is 41. The molecule has 3 N–H and O–H groups in total. The summed E-state index contributed by atoms with van der Waals surface area (Å²) < 4.78 is 5.40. The molecule has 0 aliphatic carbocycles. The summed E-state index contributed by atoms with van der Waals surface area (Å²) in [6.45, 7) is 4.79. The third-order valence-electron chi connectivity index (χ3n) is 10.2. The largest absolute Gasteiger partial charge is 0.466 e. The van der Waals surface area contributed by atoms with Crippen molar-refractivity contribution in [2.75, 3.05) is 13.2 Å². The molecular formula is C46H87NO5. The van der Waals surface area contributed by atoms with Crippen LogP contribution in [0.25, 0.3) is 0 Å². The monoisotopic (exact) mass is 734 g/mol. The number of carbonyl (C=O) groups excluding carboxylic acids is 2. The van der Waals surface area contributed by atoms with Gasteiger partial charge in [-0.1, -0.05) is 186 Å². The van der Waals surface area contributed by atoms with Gasteiger partial charge in [0.05, 0.1) is 25.4 Å². The van der Waals surface area contributed by atoms with Gasteiger partial charge in [0.25, 0.3) is 0 Å². The van der Waals surface area contributed by atoms with Gasteiger partial charge in [-0.05, 0) is 57.8 Å². The summed E-state index contributed by atoms with van der Waals surface area (Å²) in [4.78, 5) is 24.3. The van der Waals surface area contributed by atoms with Gasteiger partial charge >= 0.3 is 5.97 Å². The summed E-state index contributed by atoms with van der Waals surface area (Å²) in [6, 6.07) is -0.651. The Morgan fingerprint density at radius 2 is 0.904 bits per heavy atom. The van der Waals surface area contributed by atoms with Crippen molar-refractivity contribution >= 4 is 11.9 Å². The zero-order valence-electron chi connectivity index (χ0n) is 34.5. The molecule has 52 heavy (non-hydrogen) atoms. The highest BCUT2D eigenvalue weighted by atomic mass is 16.5. The summed E-state index contributed by atoms with van der Waals surface area (Å²) in [7, 11) is 0. The number of carbonyl (C=O) groups is 2. The van der Waals surface area contributed by atoms with E-state index in [0.29, 0.717) is 19.4 Å². The fraction of sp³-hybridized carbons (Fsp3) is 0.870. The molecular weight excluding hydrogens is 647 g/mol. The van der Waals surface area contributed by atoms with E-state index in [0.717, 1.165) is 77.0 Å². The highest BCUT2D eigenvalue weighted by Crippen LogP contribution is 2.14. The Morgan fingerprint density at radius 3 is 1.37 bits per heavy atom. The van der Waals surface area contributed by atoms with Crippen molar-refractivity contribution in [2.45, 2.75) is 244 Å². The molecule has 0 aromatic carbocycles. The van der Waals surface area contributed by atoms with Crippen LogP contribution in [0.2, 0.25) is 0 Å². The minimum Gasteiger partial charge on any atom is -0.466 e. The van der Waals surface area contributed by atoms with Gasteiger partial charge in [0, 0.05) is 12.8 Å². The van der Waals surface area contributed by atoms with Gasteiger partial charge in [0.2, 0.25) is 5.91 Å². The molecule has 0 aromatic rings. The second kappa shape index (κ2) is 42.1. The summed E-state index contributed by atoms with van der Waals surface area (Å²) in [5.74, 6) is -0.144. The molecule has 1 amide bonds. The van der Waals surface area contributed by atoms with E-state index in [9.17, 15) is 19.8 Å². The first-order valence-corrected chi connectivity index (χ1v) is 22.6. The van der Waals surface area contributed by atoms with Gasteiger partial charge in [0.15, 0.2) is 0 Å². The third kappa shape index (κ3) is 38.1. The van der Waals surface area contributed by atoms with Crippen molar-refractivity contribution in [1.29, 1.82) is 0 Å². The van der Waals surface area contributed by atoms with E-state index in [1.54, 1.807) is 6.08 Å². The van der Waals surface area contributed by atoms with Crippen LogP contribution in [-0.4, -0.2) is 47.4 Å². The normalized spacial score (nSPS) is 12.9. The van der Waals surface area contributed by atoms with Crippen molar-refractivity contribution in [3.63, 3.8) is 0 Å². The molecule has 0 rings (SSSR count). The molecule has 0 saturated heterocycles. The number of allylic oxidation sites excluding steroid dienone is 3. The number of hydrogen-bond acceptors (Lipinski definition) is 5. The molecule has 6 heteroatoms. The van der Waals surface area contributed by atoms with E-state index < -0.39 is 12.1 Å². The van der Waals surface area contributed by atoms with Crippen molar-refractivity contribution < 1.29 is 24.5 Å². The van der Waals surface area contributed by atoms with Crippen LogP contribution in [0.3, 0.4) is 0 Å². The van der Waals surface area contributed by atoms with Crippen LogP contribution >= 0.6 is 0 Å². The number of aliphatic hydroxyl groups is 2. The predicted molar refractivity (Wildman–Crippen MR) is 223 cm³/mol. The van der Waals surface area contributed by atoms with Crippen molar-refractivity contribution in [2.24, 2.45) is 0 Å². The topological polar surface area (TPSA) is 95.9 Å². The van der Waals surface area contributed by atoms with E-state index in [1.807, 2.05) is 6.08 Å². The number of amides is 1. The maximum absolute atomic E-state index is 12.4. The van der Waals surface area contributed by atoms with Crippen molar-refractivity contribution in [3.8, 4) is 0 Å². The average molecular weight is 734 g/mol. The first kappa shape index (κ1) is 50.3. The molecule has 306 valence electrons. The van der Waals surface area contributed by atoms with Crippen LogP contribution < -0.4 is 5.32 Å². The highest BCUT2D eigenvalue weighted by Gasteiger charge is 2.18. The Hall–Kier alpha value is -1.66. The lowest BCUT2D eigenvalue weighted by Crippen LogP contribution is -2.45. The Morgan fingerprint density at radius 1 is 0.519 bits per heavy atom. The number of ether oxygens (including phenoxy) is 1. The molecule has 2 unspecified atom stereocenters. The van der Waals surface area contributed by atoms with Gasteiger partial charge in [-0.25, -0.2) is 0 Å². The first-order valence-electron chi connectivity index (χ1n) is 22.6. The lowest BCUT2D eigenvalue weighted by Gasteiger charge is -2.20. The quantitative estimate of drug-likeness (QED) is 0.0330. The van der Waals surface area contributed by atoms with Crippen molar-refractivity contribution in [1.82, 2.24) is 5.32 Å². The van der Waals surface area contributed by atoms with Crippen LogP contribution in [0.5, 0.6) is 0 Å². The second-order valence-corrected chi connectivity index (χ2v) is 15.4. The van der Waals surface area contributed by atoms with Crippen LogP contribution in [0.1, 0.15) is 232 Å². The molecule has 2 atom stereocenters. The van der Waals surface area contributed by atoms with E-state index in [1.165, 1.54) is 128 Å². The Kier molecular flexibility index (Phi) is 40.7. The van der Waals surface area contributed by atoms with E-state index in [-0.39, 0.29) is 18.5 Å². The number of hydrogen-bond donors (Lipinski definition) is 3. The summed E-state index contributed by atoms with van der Waals surface area (Å²) in [5, 5.41) is 22.9. The first-order chi connectivity index (χ1) is 25.5. The van der Waals surface area contributed by atoms with Gasteiger partial charge in [-0.15, -0.1) is 0 Å². The Balaban J connectivity index is 3.60. The van der Waals surface area contributed by atoms with Crippen LogP contribution in [0.4, 0.5) is 0 Å². The number of nitrogens with one attached hydrogen (secondary N) is 1. The lowest BCUT2D eigenvalue weighted by atomic mass is 10.0. The molecule has 0 radical (unpaired) electrons. The van der Waals surface area contributed by atoms with E-state index >= 15 is 0 Å². The van der Waals surface area contributed by atoms with Gasteiger partial charge in [0.1, 0.15) is 0 Å². The molecule has 0 fully saturated rings. The number of aliphatic hydroxyl groups excluding tert-OH is 2. The maximum Gasteiger partial charge on any atom is 0.305 e. The molecule has 0 spiro atoms.